The topological polar surface area (TPSA) is 61.4 Å². The van der Waals surface area contributed by atoms with Crippen LogP contribution in [0.4, 0.5) is 11.4 Å². The molecule has 160 valence electrons. The summed E-state index contributed by atoms with van der Waals surface area (Å²) >= 11 is 0. The molecule has 1 atom stereocenters. The van der Waals surface area contributed by atoms with Gasteiger partial charge in [-0.2, -0.15) is 0 Å². The molecule has 30 heavy (non-hydrogen) atoms. The normalized spacial score (nSPS) is 16.1. The molecule has 1 aliphatic heterocycles. The highest BCUT2D eigenvalue weighted by molar-refractivity contribution is 5.95. The SMILES string of the molecule is CC(=O)Nc1ccc(NC(=O)[C@@H](C)N2CCC(CCc3ccc(C)cc3)CC2)cc1. The first kappa shape index (κ1) is 22.0. The molecule has 2 aromatic rings. The Hall–Kier alpha value is -2.66. The molecule has 0 saturated carbocycles. The zero-order chi connectivity index (χ0) is 21.5. The molecular formula is C25H33N3O2. The lowest BCUT2D eigenvalue weighted by molar-refractivity contribution is -0.121. The van der Waals surface area contributed by atoms with Crippen molar-refractivity contribution in [1.29, 1.82) is 0 Å². The summed E-state index contributed by atoms with van der Waals surface area (Å²) in [5.41, 5.74) is 4.19. The lowest BCUT2D eigenvalue weighted by atomic mass is 9.90. The minimum absolute atomic E-state index is 0.0142. The fraction of sp³-hybridized carbons (Fsp3) is 0.440. The molecule has 0 aliphatic carbocycles. The number of carbonyl (C=O) groups excluding carboxylic acids is 2. The van der Waals surface area contributed by atoms with Crippen molar-refractivity contribution in [2.24, 2.45) is 5.92 Å². The minimum Gasteiger partial charge on any atom is -0.326 e. The Kier molecular flexibility index (Phi) is 7.63. The number of likely N-dealkylation sites (tertiary alicyclic amines) is 1. The van der Waals surface area contributed by atoms with E-state index in [0.717, 1.165) is 49.6 Å². The third-order valence-electron chi connectivity index (χ3n) is 6.01. The molecule has 3 rings (SSSR count). The fourth-order valence-electron chi connectivity index (χ4n) is 4.01. The van der Waals surface area contributed by atoms with Crippen LogP contribution in [-0.4, -0.2) is 35.8 Å². The van der Waals surface area contributed by atoms with Crippen LogP contribution in [-0.2, 0) is 16.0 Å². The summed E-state index contributed by atoms with van der Waals surface area (Å²) in [5, 5.41) is 5.72. The Bertz CT molecular complexity index is 838. The van der Waals surface area contributed by atoms with Crippen LogP contribution in [0.2, 0.25) is 0 Å². The quantitative estimate of drug-likeness (QED) is 0.704. The standard InChI is InChI=1S/C25H33N3O2/c1-18-4-6-21(7-5-18)8-9-22-14-16-28(17-15-22)19(2)25(30)27-24-12-10-23(11-13-24)26-20(3)29/h4-7,10-13,19,22H,8-9,14-17H2,1-3H3,(H,26,29)(H,27,30)/t19-/m1/s1. The van der Waals surface area contributed by atoms with Crippen LogP contribution in [0.5, 0.6) is 0 Å². The number of benzene rings is 2. The van der Waals surface area contributed by atoms with Gasteiger partial charge in [0.2, 0.25) is 11.8 Å². The smallest absolute Gasteiger partial charge is 0.241 e. The second-order valence-electron chi connectivity index (χ2n) is 8.43. The Labute approximate surface area is 179 Å². The van der Waals surface area contributed by atoms with Crippen LogP contribution in [0.1, 0.15) is 44.2 Å². The first-order chi connectivity index (χ1) is 14.4. The lowest BCUT2D eigenvalue weighted by Crippen LogP contribution is -2.46. The highest BCUT2D eigenvalue weighted by atomic mass is 16.2. The molecule has 1 heterocycles. The molecule has 0 aromatic heterocycles. The zero-order valence-corrected chi connectivity index (χ0v) is 18.3. The predicted octanol–water partition coefficient (Wildman–Crippen LogP) is 4.63. The van der Waals surface area contributed by atoms with Gasteiger partial charge in [-0.3, -0.25) is 14.5 Å². The summed E-state index contributed by atoms with van der Waals surface area (Å²) in [6.45, 7) is 7.51. The van der Waals surface area contributed by atoms with Gasteiger partial charge in [0, 0.05) is 18.3 Å². The molecule has 2 aromatic carbocycles. The van der Waals surface area contributed by atoms with Gasteiger partial charge in [-0.15, -0.1) is 0 Å². The zero-order valence-electron chi connectivity index (χ0n) is 18.3. The number of amides is 2. The third-order valence-corrected chi connectivity index (χ3v) is 6.01. The first-order valence-electron chi connectivity index (χ1n) is 10.9. The maximum atomic E-state index is 12.7. The van der Waals surface area contributed by atoms with Gasteiger partial charge in [-0.1, -0.05) is 29.8 Å². The molecule has 1 aliphatic rings. The average Bonchev–Trinajstić information content (AvgIpc) is 2.74. The summed E-state index contributed by atoms with van der Waals surface area (Å²) in [6, 6.07) is 15.9. The van der Waals surface area contributed by atoms with Crippen molar-refractivity contribution in [1.82, 2.24) is 4.90 Å². The van der Waals surface area contributed by atoms with E-state index in [-0.39, 0.29) is 17.9 Å². The summed E-state index contributed by atoms with van der Waals surface area (Å²) in [5.74, 6) is 0.641. The van der Waals surface area contributed by atoms with E-state index in [1.165, 1.54) is 24.5 Å². The number of aryl methyl sites for hydroxylation is 2. The molecule has 1 fully saturated rings. The highest BCUT2D eigenvalue weighted by Gasteiger charge is 2.26. The van der Waals surface area contributed by atoms with E-state index < -0.39 is 0 Å². The maximum absolute atomic E-state index is 12.7. The van der Waals surface area contributed by atoms with Crippen molar-refractivity contribution in [2.45, 2.75) is 52.5 Å². The van der Waals surface area contributed by atoms with Crippen molar-refractivity contribution < 1.29 is 9.59 Å². The van der Waals surface area contributed by atoms with E-state index in [1.54, 1.807) is 12.1 Å². The van der Waals surface area contributed by atoms with Gasteiger partial charge in [-0.25, -0.2) is 0 Å². The van der Waals surface area contributed by atoms with Crippen LogP contribution in [0, 0.1) is 12.8 Å². The van der Waals surface area contributed by atoms with Gasteiger partial charge >= 0.3 is 0 Å². The van der Waals surface area contributed by atoms with Crippen LogP contribution in [0.3, 0.4) is 0 Å². The largest absolute Gasteiger partial charge is 0.326 e. The minimum atomic E-state index is -0.155. The van der Waals surface area contributed by atoms with Crippen molar-refractivity contribution in [3.05, 3.63) is 59.7 Å². The lowest BCUT2D eigenvalue weighted by Gasteiger charge is -2.35. The molecule has 0 spiro atoms. The Morgan fingerprint density at radius 3 is 2.10 bits per heavy atom. The highest BCUT2D eigenvalue weighted by Crippen LogP contribution is 2.24. The summed E-state index contributed by atoms with van der Waals surface area (Å²) in [7, 11) is 0. The van der Waals surface area contributed by atoms with E-state index >= 15 is 0 Å². The van der Waals surface area contributed by atoms with E-state index in [4.69, 9.17) is 0 Å². The molecule has 2 N–H and O–H groups in total. The number of hydrogen-bond acceptors (Lipinski definition) is 3. The van der Waals surface area contributed by atoms with Crippen LogP contribution in [0.15, 0.2) is 48.5 Å². The number of hydrogen-bond donors (Lipinski definition) is 2. The van der Waals surface area contributed by atoms with Crippen LogP contribution in [0.25, 0.3) is 0 Å². The van der Waals surface area contributed by atoms with Gasteiger partial charge in [-0.05, 0) is 88.4 Å². The van der Waals surface area contributed by atoms with Gasteiger partial charge in [0.15, 0.2) is 0 Å². The van der Waals surface area contributed by atoms with E-state index in [1.807, 2.05) is 19.1 Å². The van der Waals surface area contributed by atoms with Gasteiger partial charge < -0.3 is 10.6 Å². The van der Waals surface area contributed by atoms with Crippen molar-refractivity contribution in [2.75, 3.05) is 23.7 Å². The first-order valence-corrected chi connectivity index (χ1v) is 10.9. The van der Waals surface area contributed by atoms with E-state index in [0.29, 0.717) is 0 Å². The molecule has 0 radical (unpaired) electrons. The molecule has 0 bridgehead atoms. The summed E-state index contributed by atoms with van der Waals surface area (Å²) < 4.78 is 0. The number of anilines is 2. The molecule has 1 saturated heterocycles. The van der Waals surface area contributed by atoms with E-state index in [2.05, 4.69) is 46.7 Å². The second kappa shape index (κ2) is 10.4. The summed E-state index contributed by atoms with van der Waals surface area (Å²) in [6.07, 6.45) is 4.65. The van der Waals surface area contributed by atoms with Crippen LogP contribution < -0.4 is 10.6 Å². The molecule has 0 unspecified atom stereocenters. The fourth-order valence-corrected chi connectivity index (χ4v) is 4.01. The number of piperidine rings is 1. The number of nitrogens with zero attached hydrogens (tertiary/aromatic N) is 1. The molecule has 5 nitrogen and oxygen atoms in total. The number of rotatable bonds is 7. The molecule has 5 heteroatoms. The average molecular weight is 408 g/mol. The third kappa shape index (κ3) is 6.42. The predicted molar refractivity (Wildman–Crippen MR) is 123 cm³/mol. The monoisotopic (exact) mass is 407 g/mol. The van der Waals surface area contributed by atoms with E-state index in [9.17, 15) is 9.59 Å². The van der Waals surface area contributed by atoms with Crippen molar-refractivity contribution >= 4 is 23.2 Å². The molecule has 2 amide bonds. The summed E-state index contributed by atoms with van der Waals surface area (Å²) in [4.78, 5) is 26.1. The number of carbonyl (C=O) groups is 2. The van der Waals surface area contributed by atoms with Gasteiger partial charge in [0.25, 0.3) is 0 Å². The Balaban J connectivity index is 1.42. The Morgan fingerprint density at radius 1 is 0.967 bits per heavy atom. The second-order valence-corrected chi connectivity index (χ2v) is 8.43. The van der Waals surface area contributed by atoms with Gasteiger partial charge in [0.05, 0.1) is 6.04 Å². The number of nitrogens with one attached hydrogen (secondary N) is 2. The maximum Gasteiger partial charge on any atom is 0.241 e. The van der Waals surface area contributed by atoms with Gasteiger partial charge in [0.1, 0.15) is 0 Å². The molecular weight excluding hydrogens is 374 g/mol. The van der Waals surface area contributed by atoms with Crippen LogP contribution >= 0.6 is 0 Å². The Morgan fingerprint density at radius 2 is 1.53 bits per heavy atom. The van der Waals surface area contributed by atoms with Crippen molar-refractivity contribution in [3.63, 3.8) is 0 Å². The van der Waals surface area contributed by atoms with Crippen molar-refractivity contribution in [3.8, 4) is 0 Å².